The predicted molar refractivity (Wildman–Crippen MR) is 51.1 cm³/mol. The summed E-state index contributed by atoms with van der Waals surface area (Å²) >= 11 is 0. The quantitative estimate of drug-likeness (QED) is 0.642. The van der Waals surface area contributed by atoms with Crippen LogP contribution in [0, 0.1) is 11.8 Å². The lowest BCUT2D eigenvalue weighted by molar-refractivity contribution is 0.366. The fourth-order valence-electron chi connectivity index (χ4n) is 2.78. The fourth-order valence-corrected chi connectivity index (χ4v) is 2.78. The Morgan fingerprint density at radius 2 is 2.08 bits per heavy atom. The van der Waals surface area contributed by atoms with Gasteiger partial charge in [-0.3, -0.25) is 0 Å². The van der Waals surface area contributed by atoms with Crippen molar-refractivity contribution in [1.29, 1.82) is 0 Å². The van der Waals surface area contributed by atoms with Gasteiger partial charge < -0.3 is 10.6 Å². The maximum atomic E-state index is 3.67. The van der Waals surface area contributed by atoms with Crippen molar-refractivity contribution in [2.75, 3.05) is 13.1 Å². The fraction of sp³-hybridized carbons (Fsp3) is 1.00. The van der Waals surface area contributed by atoms with Gasteiger partial charge in [0.2, 0.25) is 0 Å². The van der Waals surface area contributed by atoms with E-state index in [4.69, 9.17) is 0 Å². The van der Waals surface area contributed by atoms with Gasteiger partial charge in [0, 0.05) is 12.1 Å². The second kappa shape index (κ2) is 3.35. The van der Waals surface area contributed by atoms with E-state index in [-0.39, 0.29) is 0 Å². The Balaban J connectivity index is 1.91. The Kier molecular flexibility index (Phi) is 2.37. The van der Waals surface area contributed by atoms with E-state index in [1.807, 2.05) is 0 Å². The lowest BCUT2D eigenvalue weighted by Gasteiger charge is -2.21. The predicted octanol–water partition coefficient (Wildman–Crippen LogP) is 0.982. The van der Waals surface area contributed by atoms with Crippen molar-refractivity contribution in [3.8, 4) is 0 Å². The summed E-state index contributed by atoms with van der Waals surface area (Å²) < 4.78 is 0. The van der Waals surface area contributed by atoms with Gasteiger partial charge in [-0.2, -0.15) is 0 Å². The molecule has 0 bridgehead atoms. The molecule has 12 heavy (non-hydrogen) atoms. The van der Waals surface area contributed by atoms with Gasteiger partial charge in [0.1, 0.15) is 0 Å². The summed E-state index contributed by atoms with van der Waals surface area (Å²) in [5, 5.41) is 7.16. The van der Waals surface area contributed by atoms with Crippen LogP contribution in [0.5, 0.6) is 0 Å². The Morgan fingerprint density at radius 1 is 1.25 bits per heavy atom. The van der Waals surface area contributed by atoms with E-state index in [1.54, 1.807) is 0 Å². The number of fused-ring (bicyclic) bond motifs is 1. The molecule has 1 heterocycles. The molecule has 1 saturated carbocycles. The molecule has 0 radical (unpaired) electrons. The van der Waals surface area contributed by atoms with Crippen LogP contribution in [0.4, 0.5) is 0 Å². The third-order valence-electron chi connectivity index (χ3n) is 3.30. The van der Waals surface area contributed by atoms with Crippen LogP contribution in [0.25, 0.3) is 0 Å². The lowest BCUT2D eigenvalue weighted by Crippen LogP contribution is -2.39. The topological polar surface area (TPSA) is 24.1 Å². The average molecular weight is 168 g/mol. The molecule has 2 fully saturated rings. The molecule has 2 nitrogen and oxygen atoms in total. The van der Waals surface area contributed by atoms with Crippen LogP contribution in [0.1, 0.15) is 26.7 Å². The Hall–Kier alpha value is -0.0800. The molecule has 0 aromatic carbocycles. The molecule has 70 valence electrons. The number of nitrogens with one attached hydrogen (secondary N) is 2. The third-order valence-corrected chi connectivity index (χ3v) is 3.30. The minimum Gasteiger partial charge on any atom is -0.316 e. The first-order chi connectivity index (χ1) is 5.77. The summed E-state index contributed by atoms with van der Waals surface area (Å²) in [6, 6.07) is 1.44. The first-order valence-corrected chi connectivity index (χ1v) is 5.24. The molecule has 1 aliphatic heterocycles. The smallest absolute Gasteiger partial charge is 0.0113 e. The largest absolute Gasteiger partial charge is 0.316 e. The van der Waals surface area contributed by atoms with E-state index >= 15 is 0 Å². The standard InChI is InChI=1S/C10H20N2/c1-7(2)12-10-4-3-8-5-11-6-9(8)10/h7-12H,3-6H2,1-2H3. The first-order valence-electron chi connectivity index (χ1n) is 5.24. The molecule has 0 aromatic rings. The van der Waals surface area contributed by atoms with E-state index < -0.39 is 0 Å². The number of hydrogen-bond acceptors (Lipinski definition) is 2. The minimum atomic E-state index is 0.648. The normalized spacial score (nSPS) is 40.8. The summed E-state index contributed by atoms with van der Waals surface area (Å²) in [6.45, 7) is 7.00. The first kappa shape index (κ1) is 8.52. The van der Waals surface area contributed by atoms with Crippen molar-refractivity contribution in [2.24, 2.45) is 11.8 Å². The Morgan fingerprint density at radius 3 is 2.83 bits per heavy atom. The third kappa shape index (κ3) is 1.50. The maximum absolute atomic E-state index is 3.67. The molecule has 0 amide bonds. The molecule has 1 aliphatic carbocycles. The molecule has 0 aromatic heterocycles. The van der Waals surface area contributed by atoms with Crippen LogP contribution < -0.4 is 10.6 Å². The summed E-state index contributed by atoms with van der Waals surface area (Å²) in [7, 11) is 0. The van der Waals surface area contributed by atoms with Gasteiger partial charge >= 0.3 is 0 Å². The molecule has 2 aliphatic rings. The zero-order chi connectivity index (χ0) is 8.55. The summed E-state index contributed by atoms with van der Waals surface area (Å²) in [5.74, 6) is 1.90. The Labute approximate surface area is 75.1 Å². The van der Waals surface area contributed by atoms with Crippen LogP contribution in [-0.4, -0.2) is 25.2 Å². The van der Waals surface area contributed by atoms with Gasteiger partial charge in [-0.1, -0.05) is 13.8 Å². The molecular formula is C10H20N2. The maximum Gasteiger partial charge on any atom is 0.0113 e. The van der Waals surface area contributed by atoms with Crippen molar-refractivity contribution in [3.63, 3.8) is 0 Å². The van der Waals surface area contributed by atoms with Crippen molar-refractivity contribution >= 4 is 0 Å². The van der Waals surface area contributed by atoms with E-state index in [1.165, 1.54) is 25.9 Å². The molecule has 3 unspecified atom stereocenters. The van der Waals surface area contributed by atoms with Crippen LogP contribution >= 0.6 is 0 Å². The van der Waals surface area contributed by atoms with Gasteiger partial charge in [-0.25, -0.2) is 0 Å². The van der Waals surface area contributed by atoms with Crippen LogP contribution in [0.3, 0.4) is 0 Å². The van der Waals surface area contributed by atoms with E-state index in [9.17, 15) is 0 Å². The molecular weight excluding hydrogens is 148 g/mol. The van der Waals surface area contributed by atoms with E-state index in [2.05, 4.69) is 24.5 Å². The summed E-state index contributed by atoms with van der Waals surface area (Å²) in [4.78, 5) is 0. The van der Waals surface area contributed by atoms with Gasteiger partial charge in [0.15, 0.2) is 0 Å². The summed E-state index contributed by atoms with van der Waals surface area (Å²) in [6.07, 6.45) is 2.83. The highest BCUT2D eigenvalue weighted by molar-refractivity contribution is 4.95. The zero-order valence-electron chi connectivity index (χ0n) is 8.14. The van der Waals surface area contributed by atoms with Gasteiger partial charge in [0.25, 0.3) is 0 Å². The van der Waals surface area contributed by atoms with Gasteiger partial charge in [0.05, 0.1) is 0 Å². The highest BCUT2D eigenvalue weighted by Gasteiger charge is 2.38. The van der Waals surface area contributed by atoms with Crippen molar-refractivity contribution in [3.05, 3.63) is 0 Å². The van der Waals surface area contributed by atoms with E-state index in [0.29, 0.717) is 6.04 Å². The van der Waals surface area contributed by atoms with E-state index in [0.717, 1.165) is 17.9 Å². The second-order valence-electron chi connectivity index (χ2n) is 4.59. The van der Waals surface area contributed by atoms with Gasteiger partial charge in [-0.05, 0) is 37.8 Å². The van der Waals surface area contributed by atoms with Crippen LogP contribution in [0.15, 0.2) is 0 Å². The highest BCUT2D eigenvalue weighted by atomic mass is 15.0. The number of rotatable bonds is 2. The highest BCUT2D eigenvalue weighted by Crippen LogP contribution is 2.34. The molecule has 0 spiro atoms. The van der Waals surface area contributed by atoms with Crippen LogP contribution in [-0.2, 0) is 0 Å². The van der Waals surface area contributed by atoms with Crippen LogP contribution in [0.2, 0.25) is 0 Å². The molecule has 2 heteroatoms. The molecule has 2 rings (SSSR count). The molecule has 3 atom stereocenters. The molecule has 2 N–H and O–H groups in total. The second-order valence-corrected chi connectivity index (χ2v) is 4.59. The monoisotopic (exact) mass is 168 g/mol. The number of hydrogen-bond donors (Lipinski definition) is 2. The zero-order valence-corrected chi connectivity index (χ0v) is 8.14. The minimum absolute atomic E-state index is 0.648. The van der Waals surface area contributed by atoms with Crippen molar-refractivity contribution in [1.82, 2.24) is 10.6 Å². The Bertz CT molecular complexity index is 156. The van der Waals surface area contributed by atoms with Crippen molar-refractivity contribution in [2.45, 2.75) is 38.8 Å². The van der Waals surface area contributed by atoms with Gasteiger partial charge in [-0.15, -0.1) is 0 Å². The summed E-state index contributed by atoms with van der Waals surface area (Å²) in [5.41, 5.74) is 0. The SMILES string of the molecule is CC(C)NC1CCC2CNCC21. The average Bonchev–Trinajstić information content (AvgIpc) is 2.52. The molecule has 1 saturated heterocycles. The lowest BCUT2D eigenvalue weighted by atomic mass is 9.97. The van der Waals surface area contributed by atoms with Crippen molar-refractivity contribution < 1.29 is 0 Å².